The van der Waals surface area contributed by atoms with Crippen molar-refractivity contribution in [1.29, 1.82) is 0 Å². The summed E-state index contributed by atoms with van der Waals surface area (Å²) in [6, 6.07) is 17.3. The molecule has 0 saturated heterocycles. The summed E-state index contributed by atoms with van der Waals surface area (Å²) in [4.78, 5) is 28.9. The molecular formula is C20H22N2O2S. The molecule has 0 aliphatic carbocycles. The number of thioether (sulfide) groups is 1. The molecule has 0 aromatic heterocycles. The Morgan fingerprint density at radius 1 is 1.04 bits per heavy atom. The Hall–Kier alpha value is -2.27. The molecule has 0 saturated carbocycles. The summed E-state index contributed by atoms with van der Waals surface area (Å²) < 4.78 is 0. The van der Waals surface area contributed by atoms with Crippen molar-refractivity contribution in [1.82, 2.24) is 4.90 Å². The van der Waals surface area contributed by atoms with Gasteiger partial charge in [-0.15, -0.1) is 11.8 Å². The smallest absolute Gasteiger partial charge is 0.259 e. The largest absolute Gasteiger partial charge is 0.343 e. The first-order valence-electron chi connectivity index (χ1n) is 8.54. The van der Waals surface area contributed by atoms with Crippen molar-refractivity contribution < 1.29 is 9.59 Å². The van der Waals surface area contributed by atoms with Gasteiger partial charge in [0.05, 0.1) is 5.75 Å². The lowest BCUT2D eigenvalue weighted by molar-refractivity contribution is -0.127. The average Bonchev–Trinajstić information content (AvgIpc) is 2.94. The van der Waals surface area contributed by atoms with Crippen molar-refractivity contribution in [2.45, 2.75) is 19.2 Å². The molecule has 25 heavy (non-hydrogen) atoms. The number of hydrogen-bond donors (Lipinski definition) is 0. The highest BCUT2D eigenvalue weighted by Gasteiger charge is 2.38. The number of para-hydroxylation sites is 1. The quantitative estimate of drug-likeness (QED) is 0.789. The monoisotopic (exact) mass is 354 g/mol. The van der Waals surface area contributed by atoms with Gasteiger partial charge >= 0.3 is 0 Å². The molecule has 5 heteroatoms. The van der Waals surface area contributed by atoms with Crippen LogP contribution in [0.15, 0.2) is 54.6 Å². The third-order valence-corrected chi connectivity index (χ3v) is 5.62. The predicted octanol–water partition coefficient (Wildman–Crippen LogP) is 3.95. The predicted molar refractivity (Wildman–Crippen MR) is 103 cm³/mol. The van der Waals surface area contributed by atoms with E-state index in [4.69, 9.17) is 0 Å². The van der Waals surface area contributed by atoms with Gasteiger partial charge in [-0.1, -0.05) is 36.4 Å². The Labute approximate surface area is 152 Å². The molecule has 2 amide bonds. The zero-order chi connectivity index (χ0) is 17.8. The summed E-state index contributed by atoms with van der Waals surface area (Å²) in [6.45, 7) is 5.38. The van der Waals surface area contributed by atoms with E-state index < -0.39 is 0 Å². The van der Waals surface area contributed by atoms with E-state index in [2.05, 4.69) is 0 Å². The first-order valence-corrected chi connectivity index (χ1v) is 9.59. The Balaban J connectivity index is 1.88. The van der Waals surface area contributed by atoms with E-state index in [9.17, 15) is 9.59 Å². The molecule has 1 heterocycles. The molecule has 1 aliphatic rings. The van der Waals surface area contributed by atoms with Gasteiger partial charge in [-0.2, -0.15) is 0 Å². The number of carbonyl (C=O) groups excluding carboxylic acids is 2. The van der Waals surface area contributed by atoms with Gasteiger partial charge in [0.1, 0.15) is 5.37 Å². The maximum Gasteiger partial charge on any atom is 0.259 e. The van der Waals surface area contributed by atoms with Crippen LogP contribution < -0.4 is 4.90 Å². The lowest BCUT2D eigenvalue weighted by Crippen LogP contribution is -2.33. The number of hydrogen-bond acceptors (Lipinski definition) is 3. The van der Waals surface area contributed by atoms with Crippen LogP contribution in [-0.4, -0.2) is 35.6 Å². The minimum atomic E-state index is -0.175. The normalized spacial score (nSPS) is 16.0. The number of carbonyl (C=O) groups is 2. The van der Waals surface area contributed by atoms with E-state index in [1.54, 1.807) is 4.90 Å². The van der Waals surface area contributed by atoms with Crippen molar-refractivity contribution in [2.75, 3.05) is 23.7 Å². The highest BCUT2D eigenvalue weighted by molar-refractivity contribution is 8.00. The van der Waals surface area contributed by atoms with Crippen LogP contribution in [0.25, 0.3) is 0 Å². The number of amides is 2. The highest BCUT2D eigenvalue weighted by Crippen LogP contribution is 2.43. The molecule has 0 unspecified atom stereocenters. The summed E-state index contributed by atoms with van der Waals surface area (Å²) in [7, 11) is 0. The SMILES string of the molecule is CCN(CC)C(=O)CS[C@@H]1c2ccccc2C(=O)N1c1ccccc1. The van der Waals surface area contributed by atoms with Gasteiger partial charge in [0.2, 0.25) is 5.91 Å². The molecule has 2 aromatic carbocycles. The van der Waals surface area contributed by atoms with Crippen LogP contribution in [0.1, 0.15) is 35.1 Å². The van der Waals surface area contributed by atoms with E-state index in [-0.39, 0.29) is 17.2 Å². The molecule has 1 aliphatic heterocycles. The second kappa shape index (κ2) is 7.74. The van der Waals surface area contributed by atoms with Gasteiger partial charge in [0.25, 0.3) is 5.91 Å². The van der Waals surface area contributed by atoms with Gasteiger partial charge in [0.15, 0.2) is 0 Å². The summed E-state index contributed by atoms with van der Waals surface area (Å²) in [5.41, 5.74) is 2.56. The van der Waals surface area contributed by atoms with Crippen LogP contribution in [0.5, 0.6) is 0 Å². The number of fused-ring (bicyclic) bond motifs is 1. The molecular weight excluding hydrogens is 332 g/mol. The second-order valence-corrected chi connectivity index (χ2v) is 6.90. The van der Waals surface area contributed by atoms with Crippen LogP contribution in [-0.2, 0) is 4.79 Å². The maximum atomic E-state index is 12.9. The van der Waals surface area contributed by atoms with Crippen LogP contribution >= 0.6 is 11.8 Å². The third-order valence-electron chi connectivity index (χ3n) is 4.43. The number of anilines is 1. The molecule has 3 rings (SSSR count). The lowest BCUT2D eigenvalue weighted by atomic mass is 10.1. The first kappa shape index (κ1) is 17.5. The van der Waals surface area contributed by atoms with Gasteiger partial charge in [-0.3, -0.25) is 14.5 Å². The van der Waals surface area contributed by atoms with Crippen LogP contribution in [0.3, 0.4) is 0 Å². The molecule has 0 spiro atoms. The number of nitrogens with zero attached hydrogens (tertiary/aromatic N) is 2. The molecule has 4 nitrogen and oxygen atoms in total. The van der Waals surface area contributed by atoms with Gasteiger partial charge in [0, 0.05) is 24.3 Å². The van der Waals surface area contributed by atoms with E-state index in [1.807, 2.05) is 73.3 Å². The van der Waals surface area contributed by atoms with Crippen molar-refractivity contribution in [3.63, 3.8) is 0 Å². The van der Waals surface area contributed by atoms with Gasteiger partial charge < -0.3 is 4.90 Å². The van der Waals surface area contributed by atoms with Crippen LogP contribution in [0.4, 0.5) is 5.69 Å². The summed E-state index contributed by atoms with van der Waals surface area (Å²) >= 11 is 1.51. The van der Waals surface area contributed by atoms with Crippen LogP contribution in [0.2, 0.25) is 0 Å². The van der Waals surface area contributed by atoms with Crippen molar-refractivity contribution in [3.05, 3.63) is 65.7 Å². The van der Waals surface area contributed by atoms with Gasteiger partial charge in [-0.25, -0.2) is 0 Å². The maximum absolute atomic E-state index is 12.9. The van der Waals surface area contributed by atoms with Crippen molar-refractivity contribution in [2.24, 2.45) is 0 Å². The number of rotatable bonds is 6. The van der Waals surface area contributed by atoms with Crippen LogP contribution in [0, 0.1) is 0 Å². The molecule has 0 bridgehead atoms. The van der Waals surface area contributed by atoms with Gasteiger partial charge in [-0.05, 0) is 37.6 Å². The third kappa shape index (κ3) is 3.42. The lowest BCUT2D eigenvalue weighted by Gasteiger charge is -2.26. The topological polar surface area (TPSA) is 40.6 Å². The summed E-state index contributed by atoms with van der Waals surface area (Å²) in [5.74, 6) is 0.464. The van der Waals surface area contributed by atoms with E-state index in [1.165, 1.54) is 11.8 Å². The van der Waals surface area contributed by atoms with E-state index >= 15 is 0 Å². The Kier molecular flexibility index (Phi) is 5.43. The molecule has 2 aromatic rings. The second-order valence-electron chi connectivity index (χ2n) is 5.83. The van der Waals surface area contributed by atoms with E-state index in [0.717, 1.165) is 16.8 Å². The summed E-state index contributed by atoms with van der Waals surface area (Å²) in [6.07, 6.45) is 0. The zero-order valence-corrected chi connectivity index (χ0v) is 15.3. The first-order chi connectivity index (χ1) is 12.2. The Morgan fingerprint density at radius 2 is 1.68 bits per heavy atom. The molecule has 0 N–H and O–H groups in total. The van der Waals surface area contributed by atoms with Crippen molar-refractivity contribution in [3.8, 4) is 0 Å². The fraction of sp³-hybridized carbons (Fsp3) is 0.300. The average molecular weight is 354 g/mol. The fourth-order valence-electron chi connectivity index (χ4n) is 3.11. The summed E-state index contributed by atoms with van der Waals surface area (Å²) in [5, 5.41) is -0.175. The molecule has 0 radical (unpaired) electrons. The highest BCUT2D eigenvalue weighted by atomic mass is 32.2. The van der Waals surface area contributed by atoms with E-state index in [0.29, 0.717) is 18.8 Å². The minimum Gasteiger partial charge on any atom is -0.343 e. The molecule has 1 atom stereocenters. The minimum absolute atomic E-state index is 0.00501. The van der Waals surface area contributed by atoms with Crippen molar-refractivity contribution >= 4 is 29.3 Å². The Bertz CT molecular complexity index is 759. The molecule has 130 valence electrons. The standard InChI is InChI=1S/C20H22N2O2S/c1-3-21(4-2)18(23)14-25-20-17-13-9-8-12-16(17)19(24)22(20)15-10-6-5-7-11-15/h5-13,20H,3-4,14H2,1-2H3/t20-/m1/s1. The Morgan fingerprint density at radius 3 is 2.36 bits per heavy atom. The zero-order valence-electron chi connectivity index (χ0n) is 14.5. The number of benzene rings is 2. The molecule has 0 fully saturated rings. The fourth-order valence-corrected chi connectivity index (χ4v) is 4.34.